The first-order valence-corrected chi connectivity index (χ1v) is 10.3. The van der Waals surface area contributed by atoms with E-state index in [9.17, 15) is 4.79 Å². The largest absolute Gasteiger partial charge is 0.493 e. The fourth-order valence-electron chi connectivity index (χ4n) is 4.75. The molecule has 0 saturated heterocycles. The third-order valence-corrected chi connectivity index (χ3v) is 6.23. The Labute approximate surface area is 180 Å². The Morgan fingerprint density at radius 1 is 1.10 bits per heavy atom. The maximum atomic E-state index is 13.5. The zero-order valence-electron chi connectivity index (χ0n) is 17.7. The minimum absolute atomic E-state index is 0.0352. The highest BCUT2D eigenvalue weighted by Gasteiger charge is 2.43. The minimum atomic E-state index is -0.368. The van der Waals surface area contributed by atoms with Crippen LogP contribution >= 0.6 is 0 Å². The van der Waals surface area contributed by atoms with Gasteiger partial charge in [0, 0.05) is 18.0 Å². The summed E-state index contributed by atoms with van der Waals surface area (Å²) in [6.45, 7) is 2.09. The number of nitrogens with zero attached hydrogens (tertiary/aromatic N) is 3. The van der Waals surface area contributed by atoms with Crippen LogP contribution in [0, 0.1) is 12.8 Å². The number of allylic oxidation sites excluding steroid dienone is 2. The molecule has 1 aliphatic carbocycles. The van der Waals surface area contributed by atoms with Crippen LogP contribution in [0.15, 0.2) is 60.6 Å². The van der Waals surface area contributed by atoms with Gasteiger partial charge in [-0.1, -0.05) is 36.4 Å². The summed E-state index contributed by atoms with van der Waals surface area (Å²) in [6, 6.07) is 13.7. The van der Waals surface area contributed by atoms with Gasteiger partial charge in [-0.25, -0.2) is 4.68 Å². The Morgan fingerprint density at radius 2 is 1.90 bits per heavy atom. The van der Waals surface area contributed by atoms with Gasteiger partial charge in [-0.2, -0.15) is 10.1 Å². The van der Waals surface area contributed by atoms with E-state index in [0.717, 1.165) is 11.3 Å². The van der Waals surface area contributed by atoms with E-state index in [-0.39, 0.29) is 23.7 Å². The van der Waals surface area contributed by atoms with Crippen molar-refractivity contribution in [3.63, 3.8) is 0 Å². The number of carbonyl (C=O) groups is 1. The topological polar surface area (TPSA) is 78.3 Å². The number of ketones is 1. The number of rotatable bonds is 4. The van der Waals surface area contributed by atoms with Gasteiger partial charge in [0.15, 0.2) is 11.5 Å². The van der Waals surface area contributed by atoms with Gasteiger partial charge in [0.2, 0.25) is 5.95 Å². The average molecular weight is 416 g/mol. The molecule has 7 heteroatoms. The first-order valence-electron chi connectivity index (χ1n) is 10.3. The molecule has 0 bridgehead atoms. The molecule has 2 aliphatic rings. The number of methoxy groups -OCH3 is 2. The molecule has 2 aromatic carbocycles. The summed E-state index contributed by atoms with van der Waals surface area (Å²) in [5.41, 5.74) is 4.17. The molecule has 1 aliphatic heterocycles. The molecule has 0 fully saturated rings. The van der Waals surface area contributed by atoms with Gasteiger partial charge in [-0.3, -0.25) is 4.79 Å². The lowest BCUT2D eigenvalue weighted by Crippen LogP contribution is -2.40. The van der Waals surface area contributed by atoms with Gasteiger partial charge >= 0.3 is 0 Å². The number of aromatic nitrogens is 3. The van der Waals surface area contributed by atoms with Gasteiger partial charge in [0.05, 0.1) is 26.2 Å². The highest BCUT2D eigenvalue weighted by molar-refractivity contribution is 5.88. The molecule has 0 radical (unpaired) electrons. The fraction of sp³-hybridized carbons (Fsp3) is 0.292. The molecule has 0 amide bonds. The summed E-state index contributed by atoms with van der Waals surface area (Å²) in [5.74, 6) is 1.73. The quantitative estimate of drug-likeness (QED) is 0.696. The van der Waals surface area contributed by atoms with Crippen molar-refractivity contribution in [2.75, 3.05) is 19.5 Å². The van der Waals surface area contributed by atoms with Crippen LogP contribution in [0.25, 0.3) is 0 Å². The lowest BCUT2D eigenvalue weighted by molar-refractivity contribution is -0.123. The zero-order chi connectivity index (χ0) is 21.5. The van der Waals surface area contributed by atoms with Crippen LogP contribution in [-0.2, 0) is 4.79 Å². The van der Waals surface area contributed by atoms with E-state index >= 15 is 0 Å². The Morgan fingerprint density at radius 3 is 2.68 bits per heavy atom. The highest BCUT2D eigenvalue weighted by atomic mass is 16.5. The lowest BCUT2D eigenvalue weighted by atomic mass is 9.75. The summed E-state index contributed by atoms with van der Waals surface area (Å²) in [7, 11) is 3.21. The van der Waals surface area contributed by atoms with Crippen LogP contribution < -0.4 is 14.8 Å². The van der Waals surface area contributed by atoms with Crippen molar-refractivity contribution in [1.82, 2.24) is 14.8 Å². The van der Waals surface area contributed by atoms with Gasteiger partial charge < -0.3 is 14.8 Å². The fourth-order valence-corrected chi connectivity index (χ4v) is 4.75. The molecule has 31 heavy (non-hydrogen) atoms. The highest BCUT2D eigenvalue weighted by Crippen LogP contribution is 2.45. The molecule has 7 nitrogen and oxygen atoms in total. The normalized spacial score (nSPS) is 22.1. The van der Waals surface area contributed by atoms with E-state index in [1.807, 2.05) is 30.3 Å². The van der Waals surface area contributed by atoms with Crippen molar-refractivity contribution in [3.05, 3.63) is 77.3 Å². The van der Waals surface area contributed by atoms with Gasteiger partial charge in [-0.05, 0) is 35.7 Å². The summed E-state index contributed by atoms with van der Waals surface area (Å²) in [6.07, 6.45) is 4.14. The number of ether oxygens (including phenoxy) is 2. The zero-order valence-corrected chi connectivity index (χ0v) is 17.7. The van der Waals surface area contributed by atoms with Crippen LogP contribution in [0.3, 0.4) is 0 Å². The number of hydrogen-bond acceptors (Lipinski definition) is 6. The summed E-state index contributed by atoms with van der Waals surface area (Å²) < 4.78 is 12.7. The van der Waals surface area contributed by atoms with Crippen molar-refractivity contribution in [2.24, 2.45) is 5.92 Å². The second-order valence-electron chi connectivity index (χ2n) is 7.95. The van der Waals surface area contributed by atoms with Crippen molar-refractivity contribution in [1.29, 1.82) is 0 Å². The average Bonchev–Trinajstić information content (AvgIpc) is 3.25. The van der Waals surface area contributed by atoms with E-state index in [1.54, 1.807) is 18.9 Å². The third-order valence-electron chi connectivity index (χ3n) is 6.23. The molecule has 0 spiro atoms. The van der Waals surface area contributed by atoms with E-state index in [4.69, 9.17) is 9.47 Å². The molecule has 1 N–H and O–H groups in total. The number of anilines is 1. The second kappa shape index (κ2) is 7.58. The molecular weight excluding hydrogens is 392 g/mol. The Hall–Kier alpha value is -3.61. The molecular formula is C24H24N4O3. The van der Waals surface area contributed by atoms with E-state index in [1.165, 1.54) is 17.5 Å². The Bertz CT molecular complexity index is 1180. The van der Waals surface area contributed by atoms with E-state index in [0.29, 0.717) is 23.9 Å². The summed E-state index contributed by atoms with van der Waals surface area (Å²) in [4.78, 5) is 17.9. The van der Waals surface area contributed by atoms with Gasteiger partial charge in [-0.15, -0.1) is 0 Å². The predicted octanol–water partition coefficient (Wildman–Crippen LogP) is 3.88. The van der Waals surface area contributed by atoms with E-state index < -0.39 is 0 Å². The molecule has 158 valence electrons. The molecule has 1 aromatic heterocycles. The number of aryl methyl sites for hydroxylation is 1. The predicted molar refractivity (Wildman–Crippen MR) is 116 cm³/mol. The van der Waals surface area contributed by atoms with Crippen LogP contribution in [0.5, 0.6) is 11.5 Å². The number of benzene rings is 2. The number of carbonyl (C=O) groups excluding carboxylic acids is 1. The van der Waals surface area contributed by atoms with Gasteiger partial charge in [0.25, 0.3) is 0 Å². The van der Waals surface area contributed by atoms with Crippen molar-refractivity contribution >= 4 is 11.7 Å². The smallest absolute Gasteiger partial charge is 0.226 e. The van der Waals surface area contributed by atoms with Crippen molar-refractivity contribution in [3.8, 4) is 11.5 Å². The first-order chi connectivity index (χ1) is 15.1. The Kier molecular flexibility index (Phi) is 4.73. The third kappa shape index (κ3) is 3.17. The van der Waals surface area contributed by atoms with Crippen LogP contribution in [0.4, 0.5) is 5.95 Å². The van der Waals surface area contributed by atoms with Crippen LogP contribution in [-0.4, -0.2) is 34.8 Å². The number of hydrogen-bond donors (Lipinski definition) is 1. The molecule has 3 atom stereocenters. The SMILES string of the molecule is COc1ccc([C@@H]2[C@H]3C(=O)C[C@@H](c4ccccc4C)C=C3Nc3ncnn32)cc1OC. The maximum absolute atomic E-state index is 13.5. The minimum Gasteiger partial charge on any atom is -0.493 e. The summed E-state index contributed by atoms with van der Waals surface area (Å²) >= 11 is 0. The van der Waals surface area contributed by atoms with Crippen LogP contribution in [0.1, 0.15) is 35.1 Å². The van der Waals surface area contributed by atoms with E-state index in [2.05, 4.69) is 40.5 Å². The van der Waals surface area contributed by atoms with Gasteiger partial charge in [0.1, 0.15) is 12.1 Å². The van der Waals surface area contributed by atoms with Crippen molar-refractivity contribution in [2.45, 2.75) is 25.3 Å². The molecule has 2 heterocycles. The number of Topliss-reactive ketones (excluding diaryl/α,β-unsaturated/α-hetero) is 1. The molecule has 3 aromatic rings. The second-order valence-corrected chi connectivity index (χ2v) is 7.95. The maximum Gasteiger partial charge on any atom is 0.226 e. The molecule has 5 rings (SSSR count). The monoisotopic (exact) mass is 416 g/mol. The number of fused-ring (bicyclic) bond motifs is 2. The summed E-state index contributed by atoms with van der Waals surface area (Å²) in [5, 5.41) is 7.77. The van der Waals surface area contributed by atoms with Crippen LogP contribution in [0.2, 0.25) is 0 Å². The van der Waals surface area contributed by atoms with Crippen molar-refractivity contribution < 1.29 is 14.3 Å². The number of nitrogens with one attached hydrogen (secondary N) is 1. The Balaban J connectivity index is 1.62. The first kappa shape index (κ1) is 19.4. The lowest BCUT2D eigenvalue weighted by Gasteiger charge is -2.38. The molecule has 0 unspecified atom stereocenters. The standard InChI is InChI=1S/C24H24N4O3/c1-14-6-4-5-7-17(14)16-10-18-22(19(29)11-16)23(28-24(27-18)25-13-26-28)15-8-9-20(30-2)21(12-15)31-3/h4-10,12-13,16,22-23H,11H2,1-3H3,(H,25,26,27)/t16-,22+,23+/m0/s1. The molecule has 0 saturated carbocycles.